The van der Waals surface area contributed by atoms with E-state index in [0.717, 1.165) is 23.2 Å². The lowest BCUT2D eigenvalue weighted by atomic mass is 9.86. The Balaban J connectivity index is 1.46. The first-order valence-corrected chi connectivity index (χ1v) is 15.0. The lowest BCUT2D eigenvalue weighted by Gasteiger charge is -2.28. The number of Topliss-reactive ketones (excluding diaryl/α,β-unsaturated/α-hetero) is 2. The minimum atomic E-state index is -0.528. The van der Waals surface area contributed by atoms with Crippen molar-refractivity contribution < 1.29 is 14.4 Å². The number of hydrogen-bond acceptors (Lipinski definition) is 8. The van der Waals surface area contributed by atoms with Gasteiger partial charge in [0.05, 0.1) is 5.52 Å². The highest BCUT2D eigenvalue weighted by Gasteiger charge is 2.48. The Morgan fingerprint density at radius 2 is 1.74 bits per heavy atom. The van der Waals surface area contributed by atoms with Gasteiger partial charge in [-0.3, -0.25) is 19.1 Å². The van der Waals surface area contributed by atoms with Crippen LogP contribution in [0.4, 0.5) is 5.82 Å². The second-order valence-corrected chi connectivity index (χ2v) is 13.1. The molecule has 0 saturated heterocycles. The standard InChI is InChI=1S/C32H36BrN7O3/c1-18-7-10-28(33)36-30(18)37-31(43)25-13-32(4,17-39(5)6)12-24(25)27(42)16-40-26-9-8-21(22-14-34-20(3)35-15-22)11-23(26)29(38-40)19(2)41/h7-11,14-15,24-25H,12-13,16-17H2,1-6H3,(H,36,37,43)/t24?,25?,32-/m1/s1. The van der Waals surface area contributed by atoms with Gasteiger partial charge in [-0.15, -0.1) is 0 Å². The molecule has 3 aromatic heterocycles. The molecule has 0 bridgehead atoms. The maximum atomic E-state index is 14.0. The van der Waals surface area contributed by atoms with Gasteiger partial charge in [-0.25, -0.2) is 15.0 Å². The van der Waals surface area contributed by atoms with Gasteiger partial charge in [0.15, 0.2) is 11.6 Å². The lowest BCUT2D eigenvalue weighted by Crippen LogP contribution is -2.32. The summed E-state index contributed by atoms with van der Waals surface area (Å²) in [6.07, 6.45) is 4.63. The predicted octanol–water partition coefficient (Wildman–Crippen LogP) is 5.27. The molecule has 3 atom stereocenters. The van der Waals surface area contributed by atoms with Gasteiger partial charge in [0, 0.05) is 48.6 Å². The number of aryl methyl sites for hydroxylation is 2. The van der Waals surface area contributed by atoms with Crippen molar-refractivity contribution in [2.75, 3.05) is 26.0 Å². The Morgan fingerprint density at radius 3 is 2.42 bits per heavy atom. The fourth-order valence-corrected chi connectivity index (χ4v) is 6.63. The number of pyridine rings is 1. The van der Waals surface area contributed by atoms with Crippen LogP contribution in [0.2, 0.25) is 0 Å². The number of carbonyl (C=O) groups excluding carboxylic acids is 3. The highest BCUT2D eigenvalue weighted by atomic mass is 79.9. The maximum Gasteiger partial charge on any atom is 0.229 e. The van der Waals surface area contributed by atoms with Gasteiger partial charge in [-0.05, 0) is 91.5 Å². The normalized spacial score (nSPS) is 20.1. The van der Waals surface area contributed by atoms with Crippen molar-refractivity contribution in [2.24, 2.45) is 17.3 Å². The van der Waals surface area contributed by atoms with E-state index >= 15 is 0 Å². The Hall–Kier alpha value is -3.83. The predicted molar refractivity (Wildman–Crippen MR) is 169 cm³/mol. The van der Waals surface area contributed by atoms with Gasteiger partial charge in [0.1, 0.15) is 28.5 Å². The lowest BCUT2D eigenvalue weighted by molar-refractivity contribution is -0.130. The van der Waals surface area contributed by atoms with E-state index in [1.807, 2.05) is 58.3 Å². The van der Waals surface area contributed by atoms with Gasteiger partial charge in [0.2, 0.25) is 5.91 Å². The van der Waals surface area contributed by atoms with Crippen LogP contribution in [0.15, 0.2) is 47.3 Å². The van der Waals surface area contributed by atoms with Crippen LogP contribution in [0.25, 0.3) is 22.0 Å². The molecule has 0 aliphatic heterocycles. The first-order valence-electron chi connectivity index (χ1n) is 14.3. The molecule has 4 aromatic rings. The first-order chi connectivity index (χ1) is 20.3. The largest absolute Gasteiger partial charge is 0.310 e. The number of amides is 1. The SMILES string of the molecule is CC(=O)c1nn(CC(=O)C2C[C@@](C)(CN(C)C)CC2C(=O)Nc2nc(Br)ccc2C)c2ccc(-c3cnc(C)nc3)cc12. The van der Waals surface area contributed by atoms with E-state index in [9.17, 15) is 14.4 Å². The third-order valence-electron chi connectivity index (χ3n) is 8.17. The minimum Gasteiger partial charge on any atom is -0.310 e. The summed E-state index contributed by atoms with van der Waals surface area (Å²) in [6, 6.07) is 9.38. The number of nitrogens with zero attached hydrogens (tertiary/aromatic N) is 6. The Kier molecular flexibility index (Phi) is 8.58. The third-order valence-corrected chi connectivity index (χ3v) is 8.61. The number of carbonyl (C=O) groups is 3. The molecule has 1 amide bonds. The summed E-state index contributed by atoms with van der Waals surface area (Å²) in [5, 5.41) is 8.23. The van der Waals surface area contributed by atoms with Crippen molar-refractivity contribution in [1.29, 1.82) is 0 Å². The number of halogens is 1. The summed E-state index contributed by atoms with van der Waals surface area (Å²) in [5.41, 5.74) is 3.26. The van der Waals surface area contributed by atoms with Crippen LogP contribution in [-0.2, 0) is 16.1 Å². The number of nitrogens with one attached hydrogen (secondary N) is 1. The number of fused-ring (bicyclic) bond motifs is 1. The third kappa shape index (κ3) is 6.57. The molecule has 2 unspecified atom stereocenters. The molecule has 0 radical (unpaired) electrons. The summed E-state index contributed by atoms with van der Waals surface area (Å²) < 4.78 is 2.22. The monoisotopic (exact) mass is 645 g/mol. The molecule has 3 heterocycles. The summed E-state index contributed by atoms with van der Waals surface area (Å²) in [6.45, 7) is 8.02. The molecule has 1 fully saturated rings. The Labute approximate surface area is 259 Å². The van der Waals surface area contributed by atoms with E-state index in [4.69, 9.17) is 0 Å². The van der Waals surface area contributed by atoms with Crippen molar-refractivity contribution in [3.63, 3.8) is 0 Å². The molecule has 1 aliphatic rings. The van der Waals surface area contributed by atoms with Crippen LogP contribution in [0.3, 0.4) is 0 Å². The molecule has 1 aliphatic carbocycles. The number of benzene rings is 1. The van der Waals surface area contributed by atoms with Gasteiger partial charge in [0.25, 0.3) is 0 Å². The van der Waals surface area contributed by atoms with Crippen molar-refractivity contribution in [3.05, 3.63) is 64.4 Å². The smallest absolute Gasteiger partial charge is 0.229 e. The van der Waals surface area contributed by atoms with Crippen LogP contribution in [0.5, 0.6) is 0 Å². The van der Waals surface area contributed by atoms with Gasteiger partial charge in [-0.1, -0.05) is 19.1 Å². The minimum absolute atomic E-state index is 0.0442. The zero-order valence-electron chi connectivity index (χ0n) is 25.3. The highest BCUT2D eigenvalue weighted by molar-refractivity contribution is 9.10. The van der Waals surface area contributed by atoms with E-state index in [1.54, 1.807) is 17.1 Å². The summed E-state index contributed by atoms with van der Waals surface area (Å²) in [7, 11) is 4.00. The van der Waals surface area contributed by atoms with Crippen LogP contribution >= 0.6 is 15.9 Å². The van der Waals surface area contributed by atoms with E-state index in [2.05, 4.69) is 53.1 Å². The molecule has 5 rings (SSSR count). The topological polar surface area (TPSA) is 123 Å². The number of hydrogen-bond donors (Lipinski definition) is 1. The second-order valence-electron chi connectivity index (χ2n) is 12.2. The molecular formula is C32H36BrN7O3. The number of aromatic nitrogens is 5. The van der Waals surface area contributed by atoms with Gasteiger partial charge in [-0.2, -0.15) is 5.10 Å². The first kappa shape index (κ1) is 30.6. The fraction of sp³-hybridized carbons (Fsp3) is 0.406. The van der Waals surface area contributed by atoms with Crippen LogP contribution < -0.4 is 5.32 Å². The Bertz CT molecular complexity index is 1720. The molecule has 1 aromatic carbocycles. The van der Waals surface area contributed by atoms with Crippen LogP contribution in [0, 0.1) is 31.1 Å². The quantitative estimate of drug-likeness (QED) is 0.193. The molecule has 10 nitrogen and oxygen atoms in total. The van der Waals surface area contributed by atoms with Crippen molar-refractivity contribution in [1.82, 2.24) is 29.6 Å². The van der Waals surface area contributed by atoms with E-state index < -0.39 is 11.8 Å². The summed E-state index contributed by atoms with van der Waals surface area (Å²) >= 11 is 3.38. The molecule has 11 heteroatoms. The number of ketones is 2. The average Bonchev–Trinajstić information content (AvgIpc) is 3.48. The second kappa shape index (κ2) is 12.0. The molecular weight excluding hydrogens is 610 g/mol. The summed E-state index contributed by atoms with van der Waals surface area (Å²) in [4.78, 5) is 55.4. The number of anilines is 1. The Morgan fingerprint density at radius 1 is 1.05 bits per heavy atom. The molecule has 0 spiro atoms. The van der Waals surface area contributed by atoms with Crippen molar-refractivity contribution in [3.8, 4) is 11.1 Å². The number of rotatable bonds is 9. The zero-order chi connectivity index (χ0) is 31.1. The van der Waals surface area contributed by atoms with Gasteiger partial charge >= 0.3 is 0 Å². The fourth-order valence-electron chi connectivity index (χ4n) is 6.32. The van der Waals surface area contributed by atoms with Crippen molar-refractivity contribution in [2.45, 2.75) is 47.1 Å². The van der Waals surface area contributed by atoms with E-state index in [0.29, 0.717) is 45.7 Å². The zero-order valence-corrected chi connectivity index (χ0v) is 26.9. The van der Waals surface area contributed by atoms with E-state index in [1.165, 1.54) is 6.92 Å². The van der Waals surface area contributed by atoms with Crippen molar-refractivity contribution >= 4 is 50.1 Å². The maximum absolute atomic E-state index is 14.0. The molecule has 224 valence electrons. The van der Waals surface area contributed by atoms with E-state index in [-0.39, 0.29) is 29.4 Å². The van der Waals surface area contributed by atoms with Crippen LogP contribution in [-0.4, -0.2) is 67.7 Å². The van der Waals surface area contributed by atoms with Gasteiger partial charge < -0.3 is 10.2 Å². The highest BCUT2D eigenvalue weighted by Crippen LogP contribution is 2.47. The molecule has 43 heavy (non-hydrogen) atoms. The van der Waals surface area contributed by atoms with Crippen LogP contribution in [0.1, 0.15) is 48.6 Å². The summed E-state index contributed by atoms with van der Waals surface area (Å²) in [5.74, 6) is -0.385. The molecule has 1 N–H and O–H groups in total. The molecule has 1 saturated carbocycles. The average molecular weight is 647 g/mol.